The van der Waals surface area contributed by atoms with E-state index in [0.29, 0.717) is 11.6 Å². The van der Waals surface area contributed by atoms with Crippen molar-refractivity contribution in [3.8, 4) is 0 Å². The normalized spacial score (nSPS) is 11.6. The Bertz CT molecular complexity index is 292. The Morgan fingerprint density at radius 3 is 1.44 bits per heavy atom. The molecular weight excluding hydrogens is 216 g/mol. The molecule has 0 aromatic carbocycles. The first kappa shape index (κ1) is 12.8. The zero-order valence-corrected chi connectivity index (χ0v) is 9.71. The number of hydrogen-bond donors (Lipinski definition) is 1. The minimum Gasteiger partial charge on any atom is -0.349 e. The van der Waals surface area contributed by atoms with E-state index in [-0.39, 0.29) is 0 Å². The molecule has 0 saturated carbocycles. The molecule has 0 unspecified atom stereocenters. The van der Waals surface area contributed by atoms with Crippen LogP contribution in [0, 0.1) is 0 Å². The van der Waals surface area contributed by atoms with Gasteiger partial charge in [-0.05, 0) is 0 Å². The molecule has 8 nitrogen and oxygen atoms in total. The molecule has 0 fully saturated rings. The summed E-state index contributed by atoms with van der Waals surface area (Å²) in [6.07, 6.45) is -1.36. The lowest BCUT2D eigenvalue weighted by atomic mass is 10.5. The molecular formula is C8H16N4O4. The van der Waals surface area contributed by atoms with Gasteiger partial charge in [0.1, 0.15) is 0 Å². The maximum absolute atomic E-state index is 5.78. The summed E-state index contributed by atoms with van der Waals surface area (Å²) in [5.41, 5.74) is 0. The van der Waals surface area contributed by atoms with Gasteiger partial charge in [0.15, 0.2) is 0 Å². The monoisotopic (exact) mass is 232 g/mol. The van der Waals surface area contributed by atoms with Crippen LogP contribution in [0.25, 0.3) is 0 Å². The van der Waals surface area contributed by atoms with Gasteiger partial charge in [-0.25, -0.2) is 4.68 Å². The third-order valence-corrected chi connectivity index (χ3v) is 2.03. The predicted molar refractivity (Wildman–Crippen MR) is 53.7 cm³/mol. The summed E-state index contributed by atoms with van der Waals surface area (Å²) >= 11 is 0. The van der Waals surface area contributed by atoms with Crippen molar-refractivity contribution in [2.24, 2.45) is 0 Å². The van der Waals surface area contributed by atoms with Crippen LogP contribution in [-0.2, 0) is 18.9 Å². The molecule has 0 aliphatic carbocycles. The number of hydrogen-bond acceptors (Lipinski definition) is 7. The zero-order valence-electron chi connectivity index (χ0n) is 9.71. The van der Waals surface area contributed by atoms with E-state index in [4.69, 9.17) is 24.8 Å². The van der Waals surface area contributed by atoms with E-state index in [9.17, 15) is 0 Å². The molecule has 0 spiro atoms. The van der Waals surface area contributed by atoms with Crippen LogP contribution >= 0.6 is 0 Å². The van der Waals surface area contributed by atoms with E-state index in [1.165, 1.54) is 33.1 Å². The number of rotatable bonds is 6. The van der Waals surface area contributed by atoms with Crippen LogP contribution in [-0.4, -0.2) is 43.3 Å². The number of nitrogens with zero attached hydrogens (tertiary/aromatic N) is 3. The van der Waals surface area contributed by atoms with E-state index in [0.717, 1.165) is 0 Å². The summed E-state index contributed by atoms with van der Waals surface area (Å²) in [5.74, 6) is 6.44. The van der Waals surface area contributed by atoms with Gasteiger partial charge in [0.05, 0.1) is 0 Å². The fourth-order valence-corrected chi connectivity index (χ4v) is 1.25. The molecule has 0 atom stereocenters. The molecule has 0 saturated heterocycles. The van der Waals surface area contributed by atoms with E-state index < -0.39 is 12.6 Å². The molecule has 1 heterocycles. The molecule has 1 aromatic heterocycles. The van der Waals surface area contributed by atoms with Crippen molar-refractivity contribution in [2.45, 2.75) is 12.6 Å². The van der Waals surface area contributed by atoms with Gasteiger partial charge < -0.3 is 24.8 Å². The first-order valence-electron chi connectivity index (χ1n) is 4.51. The highest BCUT2D eigenvalue weighted by molar-refractivity contribution is 4.98. The minimum atomic E-state index is -0.680. The summed E-state index contributed by atoms with van der Waals surface area (Å²) in [4.78, 5) is 0. The van der Waals surface area contributed by atoms with Crippen LogP contribution < -0.4 is 5.84 Å². The van der Waals surface area contributed by atoms with Gasteiger partial charge in [-0.2, -0.15) is 0 Å². The van der Waals surface area contributed by atoms with Gasteiger partial charge in [0, 0.05) is 28.4 Å². The topological polar surface area (TPSA) is 93.6 Å². The highest BCUT2D eigenvalue weighted by Crippen LogP contribution is 2.19. The van der Waals surface area contributed by atoms with Crippen LogP contribution in [0.15, 0.2) is 0 Å². The van der Waals surface area contributed by atoms with Crippen LogP contribution in [0.3, 0.4) is 0 Å². The van der Waals surface area contributed by atoms with E-state index in [2.05, 4.69) is 10.2 Å². The molecule has 0 amide bonds. The van der Waals surface area contributed by atoms with Crippen molar-refractivity contribution in [1.29, 1.82) is 0 Å². The summed E-state index contributed by atoms with van der Waals surface area (Å²) in [5, 5.41) is 7.70. The Kier molecular flexibility index (Phi) is 4.62. The lowest BCUT2D eigenvalue weighted by Gasteiger charge is -2.14. The fraction of sp³-hybridized carbons (Fsp3) is 0.750. The van der Waals surface area contributed by atoms with Gasteiger partial charge in [0.25, 0.3) is 0 Å². The van der Waals surface area contributed by atoms with Crippen molar-refractivity contribution in [1.82, 2.24) is 14.9 Å². The zero-order chi connectivity index (χ0) is 12.1. The second kappa shape index (κ2) is 5.75. The van der Waals surface area contributed by atoms with Gasteiger partial charge in [0.2, 0.25) is 24.2 Å². The second-order valence-electron chi connectivity index (χ2n) is 2.89. The first-order valence-corrected chi connectivity index (χ1v) is 4.51. The van der Waals surface area contributed by atoms with Gasteiger partial charge >= 0.3 is 0 Å². The Morgan fingerprint density at radius 1 is 0.875 bits per heavy atom. The quantitative estimate of drug-likeness (QED) is 0.525. The minimum absolute atomic E-state index is 0.332. The van der Waals surface area contributed by atoms with Crippen molar-refractivity contribution >= 4 is 0 Å². The Hall–Kier alpha value is -1.22. The molecule has 0 radical (unpaired) electrons. The van der Waals surface area contributed by atoms with Crippen LogP contribution in [0.2, 0.25) is 0 Å². The molecule has 0 bridgehead atoms. The van der Waals surface area contributed by atoms with E-state index >= 15 is 0 Å². The summed E-state index contributed by atoms with van der Waals surface area (Å²) in [7, 11) is 5.92. The summed E-state index contributed by atoms with van der Waals surface area (Å²) < 4.78 is 21.3. The fourth-order valence-electron chi connectivity index (χ4n) is 1.25. The number of ether oxygens (including phenoxy) is 4. The lowest BCUT2D eigenvalue weighted by molar-refractivity contribution is -0.118. The van der Waals surface area contributed by atoms with Gasteiger partial charge in [-0.15, -0.1) is 10.2 Å². The first-order chi connectivity index (χ1) is 7.69. The molecule has 8 heteroatoms. The molecule has 1 aromatic rings. The van der Waals surface area contributed by atoms with Crippen molar-refractivity contribution in [3.63, 3.8) is 0 Å². The molecule has 92 valence electrons. The Balaban J connectivity index is 2.99. The molecule has 0 aliphatic rings. The van der Waals surface area contributed by atoms with Crippen molar-refractivity contribution in [3.05, 3.63) is 11.6 Å². The average molecular weight is 232 g/mol. The molecule has 2 N–H and O–H groups in total. The number of nitrogen functional groups attached to an aromatic ring is 1. The van der Waals surface area contributed by atoms with Crippen molar-refractivity contribution < 1.29 is 18.9 Å². The SMILES string of the molecule is COC(OC)c1nnc(C(OC)OC)n1N. The van der Waals surface area contributed by atoms with Gasteiger partial charge in [-0.3, -0.25) is 0 Å². The summed E-state index contributed by atoms with van der Waals surface area (Å²) in [6.45, 7) is 0. The Morgan fingerprint density at radius 2 is 1.19 bits per heavy atom. The van der Waals surface area contributed by atoms with E-state index in [1.807, 2.05) is 0 Å². The maximum Gasteiger partial charge on any atom is 0.220 e. The van der Waals surface area contributed by atoms with Crippen LogP contribution in [0.5, 0.6) is 0 Å². The number of methoxy groups -OCH3 is 4. The molecule has 0 aliphatic heterocycles. The van der Waals surface area contributed by atoms with E-state index in [1.54, 1.807) is 0 Å². The highest BCUT2D eigenvalue weighted by Gasteiger charge is 2.24. The van der Waals surface area contributed by atoms with Crippen LogP contribution in [0.1, 0.15) is 24.2 Å². The lowest BCUT2D eigenvalue weighted by Crippen LogP contribution is -2.23. The highest BCUT2D eigenvalue weighted by atomic mass is 16.7. The largest absolute Gasteiger partial charge is 0.349 e. The Labute approximate surface area is 93.2 Å². The van der Waals surface area contributed by atoms with Crippen LogP contribution in [0.4, 0.5) is 0 Å². The average Bonchev–Trinajstić information content (AvgIpc) is 2.66. The second-order valence-corrected chi connectivity index (χ2v) is 2.89. The number of nitrogens with two attached hydrogens (primary N) is 1. The molecule has 1 rings (SSSR count). The predicted octanol–water partition coefficient (Wildman–Crippen LogP) is -0.425. The van der Waals surface area contributed by atoms with Gasteiger partial charge in [-0.1, -0.05) is 0 Å². The third-order valence-electron chi connectivity index (χ3n) is 2.03. The standard InChI is InChI=1S/C8H16N4O4/c1-13-7(14-2)5-10-11-6(12(5)9)8(15-3)16-4/h7-8H,9H2,1-4H3. The third kappa shape index (κ3) is 2.30. The van der Waals surface area contributed by atoms with Crippen molar-refractivity contribution in [2.75, 3.05) is 34.3 Å². The summed E-state index contributed by atoms with van der Waals surface area (Å²) in [6, 6.07) is 0. The maximum atomic E-state index is 5.78. The smallest absolute Gasteiger partial charge is 0.220 e. The molecule has 16 heavy (non-hydrogen) atoms. The number of aromatic nitrogens is 3.